The molecule has 0 aliphatic carbocycles. The van der Waals surface area contributed by atoms with Crippen LogP contribution in [0.25, 0.3) is 0 Å². The predicted molar refractivity (Wildman–Crippen MR) is 181 cm³/mol. The van der Waals surface area contributed by atoms with E-state index in [9.17, 15) is 0 Å². The summed E-state index contributed by atoms with van der Waals surface area (Å²) in [5, 5.41) is 0. The van der Waals surface area contributed by atoms with Crippen molar-refractivity contribution in [2.24, 2.45) is 4.63 Å². The quantitative estimate of drug-likeness (QED) is 0.292. The summed E-state index contributed by atoms with van der Waals surface area (Å²) >= 11 is 0. The molecule has 6 heteroatoms. The topological polar surface area (TPSA) is 22.1 Å². The van der Waals surface area contributed by atoms with Crippen molar-refractivity contribution in [3.8, 4) is 0 Å². The number of nitrogens with zero attached hydrogens (tertiary/aromatic N) is 4. The molecular weight excluding hydrogens is 521 g/mol. The van der Waals surface area contributed by atoms with E-state index in [1.54, 1.807) is 0 Å². The summed E-state index contributed by atoms with van der Waals surface area (Å²) in [5.74, 6) is 1.96. The van der Waals surface area contributed by atoms with Crippen LogP contribution >= 0.6 is 0 Å². The van der Waals surface area contributed by atoms with Crippen molar-refractivity contribution >= 4 is 29.1 Å². The second kappa shape index (κ2) is 14.1. The summed E-state index contributed by atoms with van der Waals surface area (Å²) in [4.78, 5) is 3.99. The minimum atomic E-state index is -1.65. The highest BCUT2D eigenvalue weighted by Crippen LogP contribution is 2.38. The second-order valence-corrected chi connectivity index (χ2v) is 19.7. The number of benzene rings is 2. The maximum atomic E-state index is 5.44. The van der Waals surface area contributed by atoms with Crippen molar-refractivity contribution in [2.75, 3.05) is 18.3 Å². The summed E-state index contributed by atoms with van der Waals surface area (Å²) in [7, 11) is 2.12. The Balaban J connectivity index is 0.000000526. The molecule has 0 amide bonds. The van der Waals surface area contributed by atoms with Crippen LogP contribution in [0.4, 0.5) is 11.4 Å². The normalized spacial score (nSPS) is 14.4. The SMILES string of the molecule is CC(C)c1cccc(C(C)C)c1N=[SiH]N(c1c(C(C)C)cccc1C(C)C)[Si](C)(C)C.CC1=C(C)N(C)[C]N1C. The van der Waals surface area contributed by atoms with Gasteiger partial charge in [-0.1, -0.05) is 111 Å². The fourth-order valence-electron chi connectivity index (χ4n) is 4.99. The first-order valence-corrected chi connectivity index (χ1v) is 19.5. The largest absolute Gasteiger partial charge is 0.393 e. The maximum Gasteiger partial charge on any atom is 0.223 e. The van der Waals surface area contributed by atoms with Gasteiger partial charge >= 0.3 is 0 Å². The van der Waals surface area contributed by atoms with Crippen LogP contribution in [0.5, 0.6) is 0 Å². The van der Waals surface area contributed by atoms with E-state index in [-0.39, 0.29) is 9.47 Å². The molecule has 0 aromatic heterocycles. The van der Waals surface area contributed by atoms with Crippen molar-refractivity contribution in [2.45, 2.75) is 113 Å². The average Bonchev–Trinajstić information content (AvgIpc) is 3.08. The Hall–Kier alpha value is -2.19. The molecule has 0 fully saturated rings. The molecule has 0 saturated carbocycles. The van der Waals surface area contributed by atoms with Crippen LogP contribution in [0, 0.1) is 6.67 Å². The third kappa shape index (κ3) is 8.19. The Morgan fingerprint density at radius 2 is 1.02 bits per heavy atom. The van der Waals surface area contributed by atoms with Gasteiger partial charge in [-0.3, -0.25) is 4.63 Å². The zero-order valence-electron chi connectivity index (χ0n) is 28.1. The molecule has 4 nitrogen and oxygen atoms in total. The van der Waals surface area contributed by atoms with E-state index in [0.29, 0.717) is 23.7 Å². The lowest BCUT2D eigenvalue weighted by atomic mass is 9.93. The van der Waals surface area contributed by atoms with Gasteiger partial charge in [-0.25, -0.2) is 0 Å². The molecule has 1 aliphatic heterocycles. The van der Waals surface area contributed by atoms with Gasteiger partial charge in [0.05, 0.1) is 5.69 Å². The van der Waals surface area contributed by atoms with Gasteiger partial charge in [-0.2, -0.15) is 0 Å². The van der Waals surface area contributed by atoms with Crippen molar-refractivity contribution in [3.63, 3.8) is 0 Å². The van der Waals surface area contributed by atoms with E-state index in [1.807, 2.05) is 23.9 Å². The highest BCUT2D eigenvalue weighted by atomic mass is 28.4. The zero-order chi connectivity index (χ0) is 30.5. The van der Waals surface area contributed by atoms with E-state index < -0.39 is 8.24 Å². The lowest BCUT2D eigenvalue weighted by molar-refractivity contribution is 0.408. The van der Waals surface area contributed by atoms with Crippen LogP contribution in [-0.2, 0) is 0 Å². The van der Waals surface area contributed by atoms with Crippen molar-refractivity contribution in [1.29, 1.82) is 0 Å². The van der Waals surface area contributed by atoms with Crippen molar-refractivity contribution in [3.05, 3.63) is 76.7 Å². The van der Waals surface area contributed by atoms with E-state index in [2.05, 4.69) is 136 Å². The molecule has 1 heterocycles. The van der Waals surface area contributed by atoms with Crippen LogP contribution in [0.3, 0.4) is 0 Å². The molecule has 3 rings (SSSR count). The molecule has 0 spiro atoms. The molecule has 0 unspecified atom stereocenters. The van der Waals surface area contributed by atoms with Crippen LogP contribution in [-0.4, -0.2) is 41.6 Å². The third-order valence-electron chi connectivity index (χ3n) is 7.78. The molecule has 0 saturated heterocycles. The Bertz CT molecular complexity index is 1120. The molecular formula is C34H56N4Si2. The van der Waals surface area contributed by atoms with E-state index in [0.717, 1.165) is 0 Å². The summed E-state index contributed by atoms with van der Waals surface area (Å²) < 4.78 is 8.19. The number of para-hydroxylation sites is 2. The summed E-state index contributed by atoms with van der Waals surface area (Å²) in [6, 6.07) is 13.7. The number of rotatable bonds is 8. The Labute approximate surface area is 250 Å². The van der Waals surface area contributed by atoms with Gasteiger partial charge < -0.3 is 14.0 Å². The molecule has 1 aliphatic rings. The summed E-state index contributed by atoms with van der Waals surface area (Å²) in [5.41, 5.74) is 11.0. The first-order valence-electron chi connectivity index (χ1n) is 15.0. The molecule has 2 radical (unpaired) electrons. The molecule has 2 aromatic rings. The maximum absolute atomic E-state index is 5.44. The fourth-order valence-corrected chi connectivity index (χ4v) is 8.42. The third-order valence-corrected chi connectivity index (χ3v) is 13.0. The van der Waals surface area contributed by atoms with Gasteiger partial charge in [-0.15, -0.1) is 0 Å². The number of hydrogen-bond donors (Lipinski definition) is 0. The highest BCUT2D eigenvalue weighted by Gasteiger charge is 2.28. The Kier molecular flexibility index (Phi) is 12.0. The molecule has 2 aromatic carbocycles. The van der Waals surface area contributed by atoms with Gasteiger partial charge in [0.1, 0.15) is 8.24 Å². The minimum absolute atomic E-state index is 0.231. The van der Waals surface area contributed by atoms with Crippen LogP contribution in [0.2, 0.25) is 19.6 Å². The Morgan fingerprint density at radius 3 is 1.30 bits per heavy atom. The lowest BCUT2D eigenvalue weighted by Gasteiger charge is -2.37. The number of allylic oxidation sites excluding steroid dienone is 2. The van der Waals surface area contributed by atoms with Crippen LogP contribution in [0.1, 0.15) is 115 Å². The monoisotopic (exact) mass is 576 g/mol. The second-order valence-electron chi connectivity index (χ2n) is 13.4. The smallest absolute Gasteiger partial charge is 0.223 e. The number of anilines is 1. The van der Waals surface area contributed by atoms with Crippen LogP contribution < -0.4 is 4.23 Å². The Morgan fingerprint density at radius 1 is 0.675 bits per heavy atom. The molecule has 0 atom stereocenters. The molecule has 220 valence electrons. The first kappa shape index (κ1) is 34.0. The van der Waals surface area contributed by atoms with E-state index in [4.69, 9.17) is 4.63 Å². The van der Waals surface area contributed by atoms with Gasteiger partial charge in [-0.05, 0) is 59.8 Å². The van der Waals surface area contributed by atoms with Gasteiger partial charge in [0.15, 0.2) is 0 Å². The van der Waals surface area contributed by atoms with Crippen molar-refractivity contribution in [1.82, 2.24) is 9.80 Å². The van der Waals surface area contributed by atoms with Gasteiger partial charge in [0, 0.05) is 31.2 Å². The van der Waals surface area contributed by atoms with Gasteiger partial charge in [0.25, 0.3) is 0 Å². The number of hydrogen-bond acceptors (Lipinski definition) is 3. The average molecular weight is 577 g/mol. The van der Waals surface area contributed by atoms with E-state index in [1.165, 1.54) is 45.0 Å². The van der Waals surface area contributed by atoms with Crippen molar-refractivity contribution < 1.29 is 0 Å². The minimum Gasteiger partial charge on any atom is -0.393 e. The first-order chi connectivity index (χ1) is 18.5. The molecule has 40 heavy (non-hydrogen) atoms. The molecule has 0 N–H and O–H groups in total. The zero-order valence-corrected chi connectivity index (χ0v) is 30.3. The van der Waals surface area contributed by atoms with Gasteiger partial charge in [0.2, 0.25) is 16.1 Å². The van der Waals surface area contributed by atoms with E-state index >= 15 is 0 Å². The standard InChI is InChI=1S/C27H44N2Si2.C7H12N2/c1-18(2)22-14-12-15-23(19(3)4)26(22)28-30-29(31(9,10)11)27-24(20(5)6)16-13-17-25(27)21(7)8;1-6-7(2)9(4)5-8(6)3/h12-21,30H,1-11H3;1-4H3. The summed E-state index contributed by atoms with van der Waals surface area (Å²) in [6.07, 6.45) is 0. The highest BCUT2D eigenvalue weighted by molar-refractivity contribution is 6.86. The summed E-state index contributed by atoms with van der Waals surface area (Å²) in [6.45, 7) is 33.1. The lowest BCUT2D eigenvalue weighted by Crippen LogP contribution is -2.47. The molecule has 0 bridgehead atoms. The predicted octanol–water partition coefficient (Wildman–Crippen LogP) is 9.80. The van der Waals surface area contributed by atoms with Crippen LogP contribution in [0.15, 0.2) is 52.4 Å². The fraction of sp³-hybridized carbons (Fsp3) is 0.559.